The van der Waals surface area contributed by atoms with Gasteiger partial charge in [-0.05, 0) is 34.9 Å². The zero-order chi connectivity index (χ0) is 13.9. The monoisotopic (exact) mass is 282 g/mol. The Hall–Kier alpha value is -1.68. The van der Waals surface area contributed by atoms with Crippen molar-refractivity contribution in [2.24, 2.45) is 5.84 Å². The fourth-order valence-corrected chi connectivity index (χ4v) is 3.60. The van der Waals surface area contributed by atoms with Crippen molar-refractivity contribution in [1.29, 1.82) is 0 Å². The first kappa shape index (κ1) is 13.3. The lowest BCUT2D eigenvalue weighted by atomic mass is 9.98. The van der Waals surface area contributed by atoms with Crippen LogP contribution in [0.25, 0.3) is 10.8 Å². The summed E-state index contributed by atoms with van der Waals surface area (Å²) in [7, 11) is 0. The maximum absolute atomic E-state index is 5.84. The normalized spacial score (nSPS) is 12.7. The minimum Gasteiger partial charge on any atom is -0.271 e. The molecule has 0 bridgehead atoms. The lowest BCUT2D eigenvalue weighted by molar-refractivity contribution is 0.650. The highest BCUT2D eigenvalue weighted by atomic mass is 32.1. The maximum atomic E-state index is 5.84. The van der Waals surface area contributed by atoms with Crippen molar-refractivity contribution in [2.75, 3.05) is 0 Å². The Morgan fingerprint density at radius 3 is 2.60 bits per heavy atom. The molecule has 3 rings (SSSR count). The van der Waals surface area contributed by atoms with Crippen molar-refractivity contribution in [3.63, 3.8) is 0 Å². The first-order chi connectivity index (χ1) is 9.83. The Bertz CT molecular complexity index is 712. The van der Waals surface area contributed by atoms with Gasteiger partial charge in [-0.3, -0.25) is 5.84 Å². The molecule has 3 aromatic rings. The molecule has 0 saturated heterocycles. The van der Waals surface area contributed by atoms with E-state index >= 15 is 0 Å². The number of aryl methyl sites for hydroxylation is 1. The number of hydrogen-bond acceptors (Lipinski definition) is 3. The number of nitrogens with one attached hydrogen (secondary N) is 1. The van der Waals surface area contributed by atoms with Gasteiger partial charge in [0.2, 0.25) is 0 Å². The molecule has 0 spiro atoms. The predicted molar refractivity (Wildman–Crippen MR) is 86.8 cm³/mol. The Morgan fingerprint density at radius 1 is 1.05 bits per heavy atom. The van der Waals surface area contributed by atoms with Crippen LogP contribution < -0.4 is 11.3 Å². The molecule has 0 fully saturated rings. The van der Waals surface area contributed by atoms with Gasteiger partial charge in [-0.15, -0.1) is 11.3 Å². The summed E-state index contributed by atoms with van der Waals surface area (Å²) < 4.78 is 0. The fourth-order valence-electron chi connectivity index (χ4n) is 2.57. The van der Waals surface area contributed by atoms with E-state index in [1.54, 1.807) is 0 Å². The van der Waals surface area contributed by atoms with E-state index in [0.29, 0.717) is 0 Å². The number of fused-ring (bicyclic) bond motifs is 1. The largest absolute Gasteiger partial charge is 0.271 e. The predicted octanol–water partition coefficient (Wildman–Crippen LogP) is 4.02. The summed E-state index contributed by atoms with van der Waals surface area (Å²) in [5.41, 5.74) is 4.21. The summed E-state index contributed by atoms with van der Waals surface area (Å²) >= 11 is 1.83. The van der Waals surface area contributed by atoms with Crippen molar-refractivity contribution < 1.29 is 0 Å². The van der Waals surface area contributed by atoms with Gasteiger partial charge in [0.05, 0.1) is 6.04 Å². The van der Waals surface area contributed by atoms with E-state index in [4.69, 9.17) is 5.84 Å². The van der Waals surface area contributed by atoms with Crippen LogP contribution in [0.1, 0.15) is 28.3 Å². The third-order valence-electron chi connectivity index (χ3n) is 3.62. The summed E-state index contributed by atoms with van der Waals surface area (Å²) in [6, 6.07) is 19.2. The van der Waals surface area contributed by atoms with Gasteiger partial charge in [-0.2, -0.15) is 0 Å². The Balaban J connectivity index is 2.11. The molecule has 2 aromatic carbocycles. The molecule has 102 valence electrons. The molecule has 0 radical (unpaired) electrons. The van der Waals surface area contributed by atoms with E-state index in [1.165, 1.54) is 26.1 Å². The first-order valence-electron chi connectivity index (χ1n) is 6.86. The van der Waals surface area contributed by atoms with Gasteiger partial charge in [0, 0.05) is 9.75 Å². The highest BCUT2D eigenvalue weighted by molar-refractivity contribution is 7.12. The molecule has 0 aliphatic carbocycles. The molecule has 1 atom stereocenters. The van der Waals surface area contributed by atoms with Crippen molar-refractivity contribution in [1.82, 2.24) is 5.43 Å². The summed E-state index contributed by atoms with van der Waals surface area (Å²) in [5, 5.41) is 2.50. The van der Waals surface area contributed by atoms with Crippen LogP contribution in [-0.2, 0) is 6.42 Å². The minimum atomic E-state index is 0.0476. The standard InChI is InChI=1S/C17H18N2S/c1-2-13-10-11-16(20-13)17(19-18)15-9-5-7-12-6-3-4-8-14(12)15/h3-11,17,19H,2,18H2,1H3. The SMILES string of the molecule is CCc1ccc(C(NN)c2cccc3ccccc23)s1. The van der Waals surface area contributed by atoms with Crippen LogP contribution in [0.4, 0.5) is 0 Å². The highest BCUT2D eigenvalue weighted by Gasteiger charge is 2.16. The molecule has 2 nitrogen and oxygen atoms in total. The van der Waals surface area contributed by atoms with Crippen LogP contribution in [-0.4, -0.2) is 0 Å². The molecule has 1 heterocycles. The van der Waals surface area contributed by atoms with Crippen LogP contribution >= 0.6 is 11.3 Å². The molecule has 1 unspecified atom stereocenters. The van der Waals surface area contributed by atoms with Crippen LogP contribution in [0.5, 0.6) is 0 Å². The van der Waals surface area contributed by atoms with E-state index in [9.17, 15) is 0 Å². The number of rotatable bonds is 4. The molecule has 0 aliphatic rings. The molecular formula is C17H18N2S. The molecule has 20 heavy (non-hydrogen) atoms. The molecule has 3 N–H and O–H groups in total. The second-order valence-corrected chi connectivity index (χ2v) is 6.03. The zero-order valence-corrected chi connectivity index (χ0v) is 12.3. The van der Waals surface area contributed by atoms with E-state index in [-0.39, 0.29) is 6.04 Å². The van der Waals surface area contributed by atoms with Crippen LogP contribution in [0.15, 0.2) is 54.6 Å². The van der Waals surface area contributed by atoms with Gasteiger partial charge >= 0.3 is 0 Å². The number of hydrogen-bond donors (Lipinski definition) is 2. The van der Waals surface area contributed by atoms with Gasteiger partial charge in [-0.1, -0.05) is 49.4 Å². The van der Waals surface area contributed by atoms with Crippen LogP contribution in [0, 0.1) is 0 Å². The number of thiophene rings is 1. The summed E-state index contributed by atoms with van der Waals surface area (Å²) in [6.45, 7) is 2.18. The van der Waals surface area contributed by atoms with Crippen molar-refractivity contribution in [3.8, 4) is 0 Å². The van der Waals surface area contributed by atoms with E-state index in [1.807, 2.05) is 11.3 Å². The van der Waals surface area contributed by atoms with Gasteiger partial charge in [0.1, 0.15) is 0 Å². The summed E-state index contributed by atoms with van der Waals surface area (Å²) in [5.74, 6) is 5.84. The third-order valence-corrected chi connectivity index (χ3v) is 4.91. The third kappa shape index (κ3) is 2.36. The second-order valence-electron chi connectivity index (χ2n) is 4.83. The number of benzene rings is 2. The maximum Gasteiger partial charge on any atom is 0.0808 e. The Kier molecular flexibility index (Phi) is 3.83. The van der Waals surface area contributed by atoms with Gasteiger partial charge in [-0.25, -0.2) is 5.43 Å². The van der Waals surface area contributed by atoms with Crippen molar-refractivity contribution in [2.45, 2.75) is 19.4 Å². The minimum absolute atomic E-state index is 0.0476. The Labute approximate surface area is 123 Å². The number of hydrazine groups is 1. The average molecular weight is 282 g/mol. The molecule has 0 amide bonds. The van der Waals surface area contributed by atoms with E-state index in [2.05, 4.69) is 66.9 Å². The van der Waals surface area contributed by atoms with Crippen molar-refractivity contribution >= 4 is 22.1 Å². The van der Waals surface area contributed by atoms with E-state index < -0.39 is 0 Å². The fraction of sp³-hybridized carbons (Fsp3) is 0.176. The van der Waals surface area contributed by atoms with Gasteiger partial charge in [0.15, 0.2) is 0 Å². The van der Waals surface area contributed by atoms with Gasteiger partial charge in [0.25, 0.3) is 0 Å². The van der Waals surface area contributed by atoms with Crippen LogP contribution in [0.2, 0.25) is 0 Å². The van der Waals surface area contributed by atoms with Gasteiger partial charge < -0.3 is 0 Å². The second kappa shape index (κ2) is 5.75. The summed E-state index contributed by atoms with van der Waals surface area (Å²) in [6.07, 6.45) is 1.07. The quantitative estimate of drug-likeness (QED) is 0.560. The Morgan fingerprint density at radius 2 is 1.85 bits per heavy atom. The molecule has 0 saturated carbocycles. The smallest absolute Gasteiger partial charge is 0.0808 e. The molecule has 0 aliphatic heterocycles. The van der Waals surface area contributed by atoms with Crippen molar-refractivity contribution in [3.05, 3.63) is 69.9 Å². The first-order valence-corrected chi connectivity index (χ1v) is 7.67. The molecule has 1 aromatic heterocycles. The average Bonchev–Trinajstić information content (AvgIpc) is 2.97. The molecule has 3 heteroatoms. The number of nitrogens with two attached hydrogens (primary N) is 1. The van der Waals surface area contributed by atoms with E-state index in [0.717, 1.165) is 6.42 Å². The lowest BCUT2D eigenvalue weighted by Crippen LogP contribution is -2.28. The van der Waals surface area contributed by atoms with Crippen LogP contribution in [0.3, 0.4) is 0 Å². The molecular weight excluding hydrogens is 264 g/mol. The highest BCUT2D eigenvalue weighted by Crippen LogP contribution is 2.32. The summed E-state index contributed by atoms with van der Waals surface area (Å²) in [4.78, 5) is 2.65. The zero-order valence-electron chi connectivity index (χ0n) is 11.5. The lowest BCUT2D eigenvalue weighted by Gasteiger charge is -2.17. The topological polar surface area (TPSA) is 38.0 Å².